The van der Waals surface area contributed by atoms with Crippen LogP contribution in [0.15, 0.2) is 36.4 Å². The molecule has 1 atom stereocenters. The first kappa shape index (κ1) is 15.7. The van der Waals surface area contributed by atoms with E-state index in [-0.39, 0.29) is 16.9 Å². The summed E-state index contributed by atoms with van der Waals surface area (Å²) >= 11 is 8.09. The molecular weight excluding hydrogens is 388 g/mol. The SMILES string of the molecule is CNC(Cc1ccc(Cl)c(F)c1)c1cccc(C)c1I. The first-order chi connectivity index (χ1) is 9.52. The summed E-state index contributed by atoms with van der Waals surface area (Å²) < 4.78 is 14.8. The maximum Gasteiger partial charge on any atom is 0.142 e. The molecule has 20 heavy (non-hydrogen) atoms. The van der Waals surface area contributed by atoms with E-state index < -0.39 is 0 Å². The van der Waals surface area contributed by atoms with Gasteiger partial charge in [-0.05, 0) is 71.8 Å². The Kier molecular flexibility index (Phi) is 5.41. The molecular formula is C16H16ClFIN. The van der Waals surface area contributed by atoms with E-state index in [1.807, 2.05) is 13.1 Å². The molecule has 4 heteroatoms. The predicted molar refractivity (Wildman–Crippen MR) is 90.8 cm³/mol. The van der Waals surface area contributed by atoms with Gasteiger partial charge in [0.1, 0.15) is 5.82 Å². The van der Waals surface area contributed by atoms with Gasteiger partial charge in [0.2, 0.25) is 0 Å². The zero-order valence-corrected chi connectivity index (χ0v) is 14.3. The third-order valence-corrected chi connectivity index (χ3v) is 5.15. The number of halogens is 3. The van der Waals surface area contributed by atoms with Crippen LogP contribution in [0.25, 0.3) is 0 Å². The van der Waals surface area contributed by atoms with Crippen molar-refractivity contribution in [3.63, 3.8) is 0 Å². The summed E-state index contributed by atoms with van der Waals surface area (Å²) in [6.45, 7) is 2.10. The molecule has 0 amide bonds. The molecule has 0 fully saturated rings. The van der Waals surface area contributed by atoms with Gasteiger partial charge in [-0.15, -0.1) is 0 Å². The van der Waals surface area contributed by atoms with E-state index in [0.29, 0.717) is 0 Å². The Hall–Kier alpha value is -0.650. The van der Waals surface area contributed by atoms with Gasteiger partial charge in [0.25, 0.3) is 0 Å². The highest BCUT2D eigenvalue weighted by Gasteiger charge is 2.15. The highest BCUT2D eigenvalue weighted by molar-refractivity contribution is 14.1. The molecule has 0 aliphatic heterocycles. The maximum absolute atomic E-state index is 13.5. The van der Waals surface area contributed by atoms with E-state index in [9.17, 15) is 4.39 Å². The van der Waals surface area contributed by atoms with E-state index in [2.05, 4.69) is 53.0 Å². The molecule has 106 valence electrons. The van der Waals surface area contributed by atoms with Crippen LogP contribution in [0, 0.1) is 16.3 Å². The Balaban J connectivity index is 2.28. The van der Waals surface area contributed by atoms with Gasteiger partial charge >= 0.3 is 0 Å². The highest BCUT2D eigenvalue weighted by atomic mass is 127. The average Bonchev–Trinajstić information content (AvgIpc) is 2.43. The second kappa shape index (κ2) is 6.87. The molecule has 0 saturated heterocycles. The number of likely N-dealkylation sites (N-methyl/N-ethyl adjacent to an activating group) is 1. The molecule has 2 aromatic carbocycles. The number of benzene rings is 2. The van der Waals surface area contributed by atoms with Crippen LogP contribution in [0.4, 0.5) is 4.39 Å². The lowest BCUT2D eigenvalue weighted by Crippen LogP contribution is -2.20. The van der Waals surface area contributed by atoms with Crippen molar-refractivity contribution in [2.24, 2.45) is 0 Å². The summed E-state index contributed by atoms with van der Waals surface area (Å²) in [6.07, 6.45) is 0.726. The molecule has 0 aliphatic rings. The van der Waals surface area contributed by atoms with Gasteiger partial charge in [-0.3, -0.25) is 0 Å². The van der Waals surface area contributed by atoms with E-state index in [1.54, 1.807) is 6.07 Å². The number of nitrogens with one attached hydrogen (secondary N) is 1. The van der Waals surface area contributed by atoms with Gasteiger partial charge in [0.15, 0.2) is 0 Å². The van der Waals surface area contributed by atoms with Gasteiger partial charge in [-0.1, -0.05) is 35.9 Å². The third kappa shape index (κ3) is 3.51. The van der Waals surface area contributed by atoms with Crippen molar-refractivity contribution in [3.8, 4) is 0 Å². The van der Waals surface area contributed by atoms with Gasteiger partial charge in [-0.25, -0.2) is 4.39 Å². The van der Waals surface area contributed by atoms with Crippen LogP contribution >= 0.6 is 34.2 Å². The van der Waals surface area contributed by atoms with Crippen molar-refractivity contribution in [1.29, 1.82) is 0 Å². The second-order valence-electron chi connectivity index (χ2n) is 4.77. The molecule has 1 nitrogen and oxygen atoms in total. The molecule has 0 aliphatic carbocycles. The minimum absolute atomic E-state index is 0.155. The van der Waals surface area contributed by atoms with Crippen molar-refractivity contribution in [2.45, 2.75) is 19.4 Å². The summed E-state index contributed by atoms with van der Waals surface area (Å²) in [6, 6.07) is 11.4. The molecule has 0 spiro atoms. The van der Waals surface area contributed by atoms with E-state index >= 15 is 0 Å². The first-order valence-corrected chi connectivity index (χ1v) is 7.84. The Morgan fingerprint density at radius 3 is 2.70 bits per heavy atom. The smallest absolute Gasteiger partial charge is 0.142 e. The molecule has 0 heterocycles. The summed E-state index contributed by atoms with van der Waals surface area (Å²) in [5.41, 5.74) is 3.43. The van der Waals surface area contributed by atoms with Crippen molar-refractivity contribution < 1.29 is 4.39 Å². The Labute approximate surface area is 137 Å². The molecule has 0 radical (unpaired) electrons. The van der Waals surface area contributed by atoms with Crippen molar-refractivity contribution >= 4 is 34.2 Å². The maximum atomic E-state index is 13.5. The molecule has 0 saturated carbocycles. The van der Waals surface area contributed by atoms with Crippen LogP contribution in [0.1, 0.15) is 22.7 Å². The second-order valence-corrected chi connectivity index (χ2v) is 6.26. The van der Waals surface area contributed by atoms with Gasteiger partial charge in [0.05, 0.1) is 5.02 Å². The quantitative estimate of drug-likeness (QED) is 0.716. The highest BCUT2D eigenvalue weighted by Crippen LogP contribution is 2.26. The van der Waals surface area contributed by atoms with Gasteiger partial charge in [0, 0.05) is 9.61 Å². The lowest BCUT2D eigenvalue weighted by molar-refractivity contribution is 0.581. The summed E-state index contributed by atoms with van der Waals surface area (Å²) in [4.78, 5) is 0. The van der Waals surface area contributed by atoms with Crippen molar-refractivity contribution in [3.05, 3.63) is 67.5 Å². The fourth-order valence-corrected chi connectivity index (χ4v) is 3.06. The third-order valence-electron chi connectivity index (χ3n) is 3.37. The summed E-state index contributed by atoms with van der Waals surface area (Å²) in [5, 5.41) is 3.48. The predicted octanol–water partition coefficient (Wildman–Crippen LogP) is 4.90. The number of rotatable bonds is 4. The van der Waals surface area contributed by atoms with Crippen molar-refractivity contribution in [2.75, 3.05) is 7.05 Å². The fourth-order valence-electron chi connectivity index (χ4n) is 2.21. The Bertz CT molecular complexity index is 615. The van der Waals surface area contributed by atoms with E-state index in [0.717, 1.165) is 12.0 Å². The van der Waals surface area contributed by atoms with E-state index in [1.165, 1.54) is 20.8 Å². The lowest BCUT2D eigenvalue weighted by atomic mass is 9.97. The Morgan fingerprint density at radius 1 is 1.30 bits per heavy atom. The zero-order valence-electron chi connectivity index (χ0n) is 11.4. The summed E-state index contributed by atoms with van der Waals surface area (Å²) in [7, 11) is 1.93. The largest absolute Gasteiger partial charge is 0.313 e. The first-order valence-electron chi connectivity index (χ1n) is 6.39. The van der Waals surface area contributed by atoms with Crippen LogP contribution in [0.3, 0.4) is 0 Å². The normalized spacial score (nSPS) is 12.4. The standard InChI is InChI=1S/C16H16ClFIN/c1-10-4-3-5-12(16(10)19)15(20-2)9-11-6-7-13(17)14(18)8-11/h3-8,15,20H,9H2,1-2H3. The minimum atomic E-state index is -0.363. The van der Waals surface area contributed by atoms with Crippen LogP contribution in [0.2, 0.25) is 5.02 Å². The molecule has 1 N–H and O–H groups in total. The van der Waals surface area contributed by atoms with Crippen LogP contribution < -0.4 is 5.32 Å². The minimum Gasteiger partial charge on any atom is -0.313 e. The monoisotopic (exact) mass is 403 g/mol. The van der Waals surface area contributed by atoms with E-state index in [4.69, 9.17) is 11.6 Å². The fraction of sp³-hybridized carbons (Fsp3) is 0.250. The lowest BCUT2D eigenvalue weighted by Gasteiger charge is -2.19. The zero-order chi connectivity index (χ0) is 14.7. The van der Waals surface area contributed by atoms with Crippen LogP contribution in [0.5, 0.6) is 0 Å². The average molecular weight is 404 g/mol. The van der Waals surface area contributed by atoms with Gasteiger partial charge in [-0.2, -0.15) is 0 Å². The molecule has 0 bridgehead atoms. The van der Waals surface area contributed by atoms with Crippen molar-refractivity contribution in [1.82, 2.24) is 5.32 Å². The Morgan fingerprint density at radius 2 is 2.05 bits per heavy atom. The molecule has 2 aromatic rings. The van der Waals surface area contributed by atoms with Crippen LogP contribution in [-0.4, -0.2) is 7.05 Å². The topological polar surface area (TPSA) is 12.0 Å². The molecule has 1 unspecified atom stereocenters. The molecule has 2 rings (SSSR count). The number of aryl methyl sites for hydroxylation is 1. The number of hydrogen-bond donors (Lipinski definition) is 1. The number of hydrogen-bond acceptors (Lipinski definition) is 1. The van der Waals surface area contributed by atoms with Gasteiger partial charge < -0.3 is 5.32 Å². The van der Waals surface area contributed by atoms with Crippen LogP contribution in [-0.2, 0) is 6.42 Å². The summed E-state index contributed by atoms with van der Waals surface area (Å²) in [5.74, 6) is -0.363. The molecule has 0 aromatic heterocycles.